The van der Waals surface area contributed by atoms with Gasteiger partial charge in [0.25, 0.3) is 0 Å². The highest BCUT2D eigenvalue weighted by Crippen LogP contribution is 2.22. The molecule has 2 aromatic rings. The van der Waals surface area contributed by atoms with Crippen molar-refractivity contribution in [2.24, 2.45) is 0 Å². The molecule has 2 N–H and O–H groups in total. The summed E-state index contributed by atoms with van der Waals surface area (Å²) in [6.07, 6.45) is 1.90. The lowest BCUT2D eigenvalue weighted by Gasteiger charge is -1.89. The smallest absolute Gasteiger partial charge is 0.183 e. The van der Waals surface area contributed by atoms with Crippen molar-refractivity contribution in [3.8, 4) is 11.4 Å². The summed E-state index contributed by atoms with van der Waals surface area (Å²) in [6, 6.07) is 3.97. The maximum Gasteiger partial charge on any atom is 0.183 e. The van der Waals surface area contributed by atoms with Crippen molar-refractivity contribution in [2.45, 2.75) is 0 Å². The summed E-state index contributed by atoms with van der Waals surface area (Å²) >= 11 is 1.61. The highest BCUT2D eigenvalue weighted by molar-refractivity contribution is 7.14. The van der Waals surface area contributed by atoms with Crippen molar-refractivity contribution in [1.29, 1.82) is 0 Å². The lowest BCUT2D eigenvalue weighted by Crippen LogP contribution is -1.85. The highest BCUT2D eigenvalue weighted by Gasteiger charge is 2.02. The number of aromatic nitrogens is 2. The molecule has 12 heavy (non-hydrogen) atoms. The minimum atomic E-state index is 0.944. The molecule has 2 aromatic heterocycles. The molecule has 3 nitrogen and oxygen atoms in total. The van der Waals surface area contributed by atoms with E-state index in [2.05, 4.69) is 15.3 Å². The van der Waals surface area contributed by atoms with Crippen molar-refractivity contribution in [3.05, 3.63) is 23.7 Å². The van der Waals surface area contributed by atoms with Crippen LogP contribution in [0.2, 0.25) is 0 Å². The topological polar surface area (TPSA) is 40.7 Å². The molecule has 0 amide bonds. The fourth-order valence-electron chi connectivity index (χ4n) is 1.00. The zero-order chi connectivity index (χ0) is 8.39. The number of thiazole rings is 1. The number of H-pyrrole nitrogens is 1. The number of anilines is 1. The second-order valence-corrected chi connectivity index (χ2v) is 3.23. The van der Waals surface area contributed by atoms with Gasteiger partial charge in [-0.1, -0.05) is 0 Å². The van der Waals surface area contributed by atoms with Crippen molar-refractivity contribution < 1.29 is 0 Å². The Morgan fingerprint density at radius 2 is 2.50 bits per heavy atom. The summed E-state index contributed by atoms with van der Waals surface area (Å²) in [5.74, 6) is 0. The summed E-state index contributed by atoms with van der Waals surface area (Å²) in [7, 11) is 1.87. The van der Waals surface area contributed by atoms with Crippen LogP contribution in [0, 0.1) is 0 Å². The van der Waals surface area contributed by atoms with Gasteiger partial charge in [0.2, 0.25) is 0 Å². The molecular formula is C8H9N3S. The van der Waals surface area contributed by atoms with Gasteiger partial charge < -0.3 is 10.3 Å². The number of hydrogen-bond acceptors (Lipinski definition) is 3. The molecule has 0 fully saturated rings. The molecule has 0 saturated heterocycles. The lowest BCUT2D eigenvalue weighted by atomic mass is 10.3. The molecule has 0 unspecified atom stereocenters. The van der Waals surface area contributed by atoms with Crippen LogP contribution in [0.5, 0.6) is 0 Å². The monoisotopic (exact) mass is 179 g/mol. The number of rotatable bonds is 2. The van der Waals surface area contributed by atoms with Crippen molar-refractivity contribution in [2.75, 3.05) is 12.4 Å². The van der Waals surface area contributed by atoms with Gasteiger partial charge in [0.15, 0.2) is 5.13 Å². The standard InChI is InChI=1S/C8H9N3S/c1-9-8-11-7(5-12-8)6-3-2-4-10-6/h2-5,10H,1H3,(H,9,11). The number of nitrogens with zero attached hydrogens (tertiary/aromatic N) is 1. The van der Waals surface area contributed by atoms with Crippen molar-refractivity contribution in [1.82, 2.24) is 9.97 Å². The highest BCUT2D eigenvalue weighted by atomic mass is 32.1. The van der Waals surface area contributed by atoms with Gasteiger partial charge in [-0.25, -0.2) is 4.98 Å². The minimum absolute atomic E-state index is 0.944. The second-order valence-electron chi connectivity index (χ2n) is 2.37. The van der Waals surface area contributed by atoms with E-state index in [1.54, 1.807) is 11.3 Å². The molecule has 0 aliphatic carbocycles. The van der Waals surface area contributed by atoms with Gasteiger partial charge in [-0.2, -0.15) is 0 Å². The Labute approximate surface area is 74.5 Å². The summed E-state index contributed by atoms with van der Waals surface area (Å²) < 4.78 is 0. The van der Waals surface area contributed by atoms with Crippen molar-refractivity contribution in [3.63, 3.8) is 0 Å². The van der Waals surface area contributed by atoms with E-state index in [1.807, 2.05) is 30.8 Å². The van der Waals surface area contributed by atoms with Crippen LogP contribution in [0.4, 0.5) is 5.13 Å². The van der Waals surface area contributed by atoms with E-state index in [0.29, 0.717) is 0 Å². The zero-order valence-electron chi connectivity index (χ0n) is 6.66. The van der Waals surface area contributed by atoms with Crippen LogP contribution in [-0.4, -0.2) is 17.0 Å². The van der Waals surface area contributed by atoms with Crippen LogP contribution in [0.25, 0.3) is 11.4 Å². The molecule has 0 radical (unpaired) electrons. The zero-order valence-corrected chi connectivity index (χ0v) is 7.48. The van der Waals surface area contributed by atoms with Gasteiger partial charge in [0, 0.05) is 18.6 Å². The van der Waals surface area contributed by atoms with Crippen molar-refractivity contribution >= 4 is 16.5 Å². The molecule has 2 rings (SSSR count). The molecular weight excluding hydrogens is 170 g/mol. The van der Waals surface area contributed by atoms with Crippen LogP contribution in [0.1, 0.15) is 0 Å². The van der Waals surface area contributed by atoms with Crippen LogP contribution in [0.15, 0.2) is 23.7 Å². The summed E-state index contributed by atoms with van der Waals surface area (Å²) in [6.45, 7) is 0. The van der Waals surface area contributed by atoms with E-state index >= 15 is 0 Å². The summed E-state index contributed by atoms with van der Waals surface area (Å²) in [5.41, 5.74) is 2.06. The first kappa shape index (κ1) is 7.36. The number of aromatic amines is 1. The molecule has 62 valence electrons. The van der Waals surface area contributed by atoms with Crippen LogP contribution >= 0.6 is 11.3 Å². The molecule has 0 saturated carbocycles. The third kappa shape index (κ3) is 1.21. The first-order valence-corrected chi connectivity index (χ1v) is 4.55. The minimum Gasteiger partial charge on any atom is -0.365 e. The van der Waals surface area contributed by atoms with Gasteiger partial charge in [-0.05, 0) is 12.1 Å². The largest absolute Gasteiger partial charge is 0.365 e. The van der Waals surface area contributed by atoms with Gasteiger partial charge in [0.05, 0.1) is 11.4 Å². The quantitative estimate of drug-likeness (QED) is 0.741. The van der Waals surface area contributed by atoms with E-state index in [4.69, 9.17) is 0 Å². The fourth-order valence-corrected chi connectivity index (χ4v) is 1.67. The van der Waals surface area contributed by atoms with Gasteiger partial charge in [-0.3, -0.25) is 0 Å². The third-order valence-electron chi connectivity index (χ3n) is 1.59. The molecule has 2 heterocycles. The van der Waals surface area contributed by atoms with Gasteiger partial charge >= 0.3 is 0 Å². The lowest BCUT2D eigenvalue weighted by molar-refractivity contribution is 1.31. The Balaban J connectivity index is 2.35. The first-order valence-electron chi connectivity index (χ1n) is 3.67. The molecule has 4 heteroatoms. The molecule has 0 atom stereocenters. The van der Waals surface area contributed by atoms with Gasteiger partial charge in [-0.15, -0.1) is 11.3 Å². The predicted octanol–water partition coefficient (Wildman–Crippen LogP) is 2.18. The number of nitrogens with one attached hydrogen (secondary N) is 2. The Kier molecular flexibility index (Phi) is 1.83. The Morgan fingerprint density at radius 1 is 1.58 bits per heavy atom. The average molecular weight is 179 g/mol. The van der Waals surface area contributed by atoms with E-state index in [9.17, 15) is 0 Å². The van der Waals surface area contributed by atoms with E-state index in [0.717, 1.165) is 16.5 Å². The van der Waals surface area contributed by atoms with E-state index in [-0.39, 0.29) is 0 Å². The average Bonchev–Trinajstić information content (AvgIpc) is 2.75. The maximum absolute atomic E-state index is 4.35. The Morgan fingerprint density at radius 3 is 3.08 bits per heavy atom. The molecule has 0 aromatic carbocycles. The van der Waals surface area contributed by atoms with E-state index < -0.39 is 0 Å². The predicted molar refractivity (Wildman–Crippen MR) is 51.4 cm³/mol. The van der Waals surface area contributed by atoms with Crippen LogP contribution in [0.3, 0.4) is 0 Å². The molecule has 0 aliphatic heterocycles. The Hall–Kier alpha value is -1.29. The second kappa shape index (κ2) is 2.98. The normalized spacial score (nSPS) is 10.1. The molecule has 0 aliphatic rings. The van der Waals surface area contributed by atoms with Gasteiger partial charge in [0.1, 0.15) is 0 Å². The van der Waals surface area contributed by atoms with Crippen LogP contribution < -0.4 is 5.32 Å². The Bertz CT molecular complexity index is 350. The van der Waals surface area contributed by atoms with E-state index in [1.165, 1.54) is 0 Å². The fraction of sp³-hybridized carbons (Fsp3) is 0.125. The first-order chi connectivity index (χ1) is 5.90. The number of hydrogen-bond donors (Lipinski definition) is 2. The van der Waals surface area contributed by atoms with Crippen LogP contribution in [-0.2, 0) is 0 Å². The summed E-state index contributed by atoms with van der Waals surface area (Å²) in [5, 5.41) is 5.97. The summed E-state index contributed by atoms with van der Waals surface area (Å²) in [4.78, 5) is 7.45. The molecule has 0 spiro atoms. The maximum atomic E-state index is 4.35. The SMILES string of the molecule is CNc1nc(-c2ccc[nH]2)cs1. The third-order valence-corrected chi connectivity index (χ3v) is 2.45. The molecule has 0 bridgehead atoms.